The van der Waals surface area contributed by atoms with Gasteiger partial charge in [-0.05, 0) is 64.2 Å². The largest absolute Gasteiger partial charge is 0.459 e. The van der Waals surface area contributed by atoms with E-state index in [-0.39, 0.29) is 36.6 Å². The molecule has 0 spiro atoms. The third-order valence-corrected chi connectivity index (χ3v) is 10.0. The second-order valence-corrected chi connectivity index (χ2v) is 13.0. The van der Waals surface area contributed by atoms with E-state index in [1.54, 1.807) is 34.6 Å². The van der Waals surface area contributed by atoms with Crippen molar-refractivity contribution in [2.75, 3.05) is 0 Å². The average molecular weight is 543 g/mol. The number of aliphatic hydroxyl groups is 3. The lowest BCUT2D eigenvalue weighted by Crippen LogP contribution is -2.57. The van der Waals surface area contributed by atoms with Crippen molar-refractivity contribution in [2.24, 2.45) is 41.4 Å². The van der Waals surface area contributed by atoms with Crippen LogP contribution < -0.4 is 0 Å². The number of hydrogen-bond donors (Lipinski definition) is 3. The zero-order valence-electron chi connectivity index (χ0n) is 25.4. The minimum Gasteiger partial charge on any atom is -0.459 e. The molecule has 2 rings (SSSR count). The number of cyclic esters (lactones) is 1. The summed E-state index contributed by atoms with van der Waals surface area (Å²) in [6.07, 6.45) is -2.54. The van der Waals surface area contributed by atoms with Gasteiger partial charge >= 0.3 is 5.97 Å². The van der Waals surface area contributed by atoms with Gasteiger partial charge < -0.3 is 29.5 Å². The van der Waals surface area contributed by atoms with Crippen LogP contribution in [-0.2, 0) is 23.8 Å². The predicted molar refractivity (Wildman–Crippen MR) is 145 cm³/mol. The highest BCUT2D eigenvalue weighted by Crippen LogP contribution is 2.40. The molecule has 0 aromatic rings. The normalized spacial score (nSPS) is 50.3. The number of aliphatic hydroxyl groups excluding tert-OH is 1. The topological polar surface area (TPSA) is 123 Å². The van der Waals surface area contributed by atoms with Crippen LogP contribution in [0.4, 0.5) is 0 Å². The second kappa shape index (κ2) is 12.6. The maximum atomic E-state index is 13.5. The summed E-state index contributed by atoms with van der Waals surface area (Å²) in [5.74, 6) is -2.94. The van der Waals surface area contributed by atoms with Gasteiger partial charge in [-0.25, -0.2) is 0 Å². The number of ether oxygens (including phenoxy) is 3. The first kappa shape index (κ1) is 33.1. The molecule has 3 N–H and O–H groups in total. The van der Waals surface area contributed by atoms with E-state index in [0.29, 0.717) is 18.3 Å². The first-order valence-corrected chi connectivity index (χ1v) is 14.5. The number of hydrogen-bond acceptors (Lipinski definition) is 8. The van der Waals surface area contributed by atoms with Gasteiger partial charge in [0.2, 0.25) is 0 Å². The zero-order valence-corrected chi connectivity index (χ0v) is 25.4. The molecule has 8 nitrogen and oxygen atoms in total. The maximum absolute atomic E-state index is 13.5. The van der Waals surface area contributed by atoms with E-state index in [0.717, 1.165) is 0 Å². The number of rotatable bonds is 3. The summed E-state index contributed by atoms with van der Waals surface area (Å²) in [5, 5.41) is 33.9. The molecule has 2 aliphatic heterocycles. The molecule has 0 amide bonds. The SMILES string of the molecule is CC[C@H]1OC(=O)[C@H](C)[C@@H](O[C@H]2C[C@H](C)[C@@H](C)[C@H](C)O2)[C@H](C)[C@@H](C)C(C)(O)C[C@@H](C)C(=O)[C@H](C)[C@@H](O)[C@]1(C)O. The third-order valence-electron chi connectivity index (χ3n) is 10.0. The lowest BCUT2D eigenvalue weighted by Gasteiger charge is -2.45. The molecular weight excluding hydrogens is 488 g/mol. The van der Waals surface area contributed by atoms with Crippen LogP contribution in [-0.4, -0.2) is 69.0 Å². The van der Waals surface area contributed by atoms with Gasteiger partial charge in [-0.15, -0.1) is 0 Å². The highest BCUT2D eigenvalue weighted by Gasteiger charge is 2.49. The Hall–Kier alpha value is -1.06. The number of esters is 1. The third kappa shape index (κ3) is 6.98. The molecule has 8 heteroatoms. The predicted octanol–water partition coefficient (Wildman–Crippen LogP) is 4.12. The van der Waals surface area contributed by atoms with Gasteiger partial charge in [0.25, 0.3) is 0 Å². The number of ketones is 1. The van der Waals surface area contributed by atoms with Gasteiger partial charge in [0.1, 0.15) is 17.5 Å². The maximum Gasteiger partial charge on any atom is 0.311 e. The van der Waals surface area contributed by atoms with Crippen LogP contribution in [0.1, 0.15) is 95.4 Å². The van der Waals surface area contributed by atoms with Crippen molar-refractivity contribution in [3.63, 3.8) is 0 Å². The Balaban J connectivity index is 2.51. The van der Waals surface area contributed by atoms with Gasteiger partial charge in [0.15, 0.2) is 6.29 Å². The van der Waals surface area contributed by atoms with Crippen LogP contribution in [0.5, 0.6) is 0 Å². The molecular formula is C30H54O8. The molecule has 222 valence electrons. The highest BCUT2D eigenvalue weighted by molar-refractivity contribution is 5.83. The van der Waals surface area contributed by atoms with E-state index < -0.39 is 59.5 Å². The molecule has 2 heterocycles. The Kier molecular flexibility index (Phi) is 11.0. The average Bonchev–Trinajstić information content (AvgIpc) is 2.84. The van der Waals surface area contributed by atoms with Gasteiger partial charge in [0, 0.05) is 18.3 Å². The van der Waals surface area contributed by atoms with Crippen LogP contribution in [0.2, 0.25) is 0 Å². The van der Waals surface area contributed by atoms with E-state index in [9.17, 15) is 24.9 Å². The van der Waals surface area contributed by atoms with Crippen molar-refractivity contribution in [1.82, 2.24) is 0 Å². The Morgan fingerprint density at radius 2 is 1.53 bits per heavy atom. The number of carbonyl (C=O) groups excluding carboxylic acids is 2. The quantitative estimate of drug-likeness (QED) is 0.455. The standard InChI is InChI=1S/C30H54O8/c1-12-23-30(11,35)27(32)19(6)25(31)16(3)14-29(10,34)21(8)18(5)26(20(7)28(33)37-23)38-24-13-15(2)17(4)22(9)36-24/h15-24,26-27,32,34-35H,12-14H2,1-11H3/t15-,16+,17+,18+,19-,20+,21+,22-,23+,24-,26-,27+,29?,30+/m0/s1. The summed E-state index contributed by atoms with van der Waals surface area (Å²) in [5.41, 5.74) is -3.11. The first-order chi connectivity index (χ1) is 17.4. The van der Waals surface area contributed by atoms with Gasteiger partial charge in [-0.1, -0.05) is 48.5 Å². The summed E-state index contributed by atoms with van der Waals surface area (Å²) in [6.45, 7) is 20.1. The van der Waals surface area contributed by atoms with Crippen molar-refractivity contribution in [3.05, 3.63) is 0 Å². The molecule has 0 aliphatic carbocycles. The Morgan fingerprint density at radius 3 is 2.05 bits per heavy atom. The molecule has 2 aliphatic rings. The molecule has 1 unspecified atom stereocenters. The summed E-state index contributed by atoms with van der Waals surface area (Å²) in [4.78, 5) is 26.8. The Bertz CT molecular complexity index is 798. The van der Waals surface area contributed by atoms with Crippen LogP contribution in [0, 0.1) is 41.4 Å². The number of carbonyl (C=O) groups is 2. The van der Waals surface area contributed by atoms with E-state index in [4.69, 9.17) is 14.2 Å². The minimum atomic E-state index is -1.85. The molecule has 0 bridgehead atoms. The molecule has 0 saturated carbocycles. The molecule has 0 aromatic carbocycles. The Morgan fingerprint density at radius 1 is 0.947 bits per heavy atom. The van der Waals surface area contributed by atoms with Crippen LogP contribution in [0.25, 0.3) is 0 Å². The van der Waals surface area contributed by atoms with Crippen LogP contribution in [0.3, 0.4) is 0 Å². The van der Waals surface area contributed by atoms with Gasteiger partial charge in [-0.2, -0.15) is 0 Å². The smallest absolute Gasteiger partial charge is 0.311 e. The summed E-state index contributed by atoms with van der Waals surface area (Å²) in [6, 6.07) is 0. The van der Waals surface area contributed by atoms with Crippen LogP contribution >= 0.6 is 0 Å². The van der Waals surface area contributed by atoms with E-state index in [1.807, 2.05) is 20.8 Å². The highest BCUT2D eigenvalue weighted by atomic mass is 16.7. The number of Topliss-reactive ketones (excluding diaryl/α,β-unsaturated/α-hetero) is 1. The van der Waals surface area contributed by atoms with Crippen molar-refractivity contribution >= 4 is 11.8 Å². The van der Waals surface area contributed by atoms with E-state index >= 15 is 0 Å². The van der Waals surface area contributed by atoms with Gasteiger partial charge in [-0.3, -0.25) is 9.59 Å². The van der Waals surface area contributed by atoms with Crippen molar-refractivity contribution in [3.8, 4) is 0 Å². The molecule has 14 atom stereocenters. The zero-order chi connectivity index (χ0) is 29.3. The first-order valence-electron chi connectivity index (χ1n) is 14.5. The fraction of sp³-hybridized carbons (Fsp3) is 0.933. The second-order valence-electron chi connectivity index (χ2n) is 13.0. The summed E-state index contributed by atoms with van der Waals surface area (Å²) in [7, 11) is 0. The van der Waals surface area contributed by atoms with E-state index in [1.165, 1.54) is 6.92 Å². The lowest BCUT2D eigenvalue weighted by atomic mass is 9.70. The van der Waals surface area contributed by atoms with Crippen molar-refractivity contribution in [2.45, 2.75) is 137 Å². The fourth-order valence-electron chi connectivity index (χ4n) is 6.42. The van der Waals surface area contributed by atoms with Crippen LogP contribution in [0.15, 0.2) is 0 Å². The minimum absolute atomic E-state index is 0.00439. The lowest BCUT2D eigenvalue weighted by molar-refractivity contribution is -0.255. The fourth-order valence-corrected chi connectivity index (χ4v) is 6.42. The molecule has 38 heavy (non-hydrogen) atoms. The molecule has 0 aromatic heterocycles. The Labute approximate surface area is 229 Å². The van der Waals surface area contributed by atoms with Gasteiger partial charge in [0.05, 0.1) is 29.8 Å². The monoisotopic (exact) mass is 542 g/mol. The van der Waals surface area contributed by atoms with E-state index in [2.05, 4.69) is 13.8 Å². The molecule has 2 saturated heterocycles. The summed E-state index contributed by atoms with van der Waals surface area (Å²) >= 11 is 0. The molecule has 2 fully saturated rings. The summed E-state index contributed by atoms with van der Waals surface area (Å²) < 4.78 is 18.5. The van der Waals surface area contributed by atoms with Crippen molar-refractivity contribution < 1.29 is 39.1 Å². The van der Waals surface area contributed by atoms with Crippen molar-refractivity contribution in [1.29, 1.82) is 0 Å². The molecule has 0 radical (unpaired) electrons.